The molecule has 2 aromatic heterocycles. The summed E-state index contributed by atoms with van der Waals surface area (Å²) in [7, 11) is 0. The molecule has 0 atom stereocenters. The van der Waals surface area contributed by atoms with Gasteiger partial charge in [0, 0.05) is 17.2 Å². The molecule has 2 heterocycles. The predicted octanol–water partition coefficient (Wildman–Crippen LogP) is 6.05. The third kappa shape index (κ3) is 5.64. The Kier molecular flexibility index (Phi) is 8.00. The van der Waals surface area contributed by atoms with Gasteiger partial charge in [0.2, 0.25) is 5.91 Å². The van der Waals surface area contributed by atoms with Crippen LogP contribution in [0.3, 0.4) is 0 Å². The van der Waals surface area contributed by atoms with Crippen molar-refractivity contribution in [1.29, 1.82) is 0 Å². The van der Waals surface area contributed by atoms with Crippen LogP contribution in [0.2, 0.25) is 0 Å². The first-order valence-corrected chi connectivity index (χ1v) is 13.4. The highest BCUT2D eigenvalue weighted by Gasteiger charge is 2.23. The van der Waals surface area contributed by atoms with Crippen molar-refractivity contribution in [2.45, 2.75) is 71.6 Å². The summed E-state index contributed by atoms with van der Waals surface area (Å²) in [6, 6.07) is 7.53. The maximum atomic E-state index is 13.6. The summed E-state index contributed by atoms with van der Waals surface area (Å²) in [4.78, 5) is 39.0. The van der Waals surface area contributed by atoms with E-state index in [1.807, 2.05) is 24.3 Å². The molecule has 1 amide bonds. The molecule has 0 radical (unpaired) electrons. The smallest absolute Gasteiger partial charge is 0.359 e. The van der Waals surface area contributed by atoms with Crippen LogP contribution in [0.4, 0.5) is 5.00 Å². The fourth-order valence-electron chi connectivity index (χ4n) is 4.67. The van der Waals surface area contributed by atoms with E-state index in [2.05, 4.69) is 24.3 Å². The van der Waals surface area contributed by atoms with Crippen LogP contribution < -0.4 is 10.9 Å². The number of ether oxygens (including phenoxy) is 1. The Morgan fingerprint density at radius 3 is 2.54 bits per heavy atom. The fourth-order valence-corrected chi connectivity index (χ4v) is 5.62. The highest BCUT2D eigenvalue weighted by atomic mass is 32.1. The van der Waals surface area contributed by atoms with Crippen LogP contribution in [0.25, 0.3) is 16.5 Å². The number of esters is 1. The molecule has 8 heteroatoms. The summed E-state index contributed by atoms with van der Waals surface area (Å²) in [6.45, 7) is 6.11. The van der Waals surface area contributed by atoms with E-state index in [9.17, 15) is 14.4 Å². The average molecular weight is 496 g/mol. The van der Waals surface area contributed by atoms with E-state index >= 15 is 0 Å². The number of aromatic nitrogens is 2. The lowest BCUT2D eigenvalue weighted by Crippen LogP contribution is -2.25. The first-order chi connectivity index (χ1) is 16.9. The minimum absolute atomic E-state index is 0.0633. The fraction of sp³-hybridized carbons (Fsp3) is 0.481. The van der Waals surface area contributed by atoms with Crippen LogP contribution in [0, 0.1) is 5.92 Å². The van der Waals surface area contributed by atoms with E-state index < -0.39 is 5.97 Å². The Morgan fingerprint density at radius 1 is 1.17 bits per heavy atom. The van der Waals surface area contributed by atoms with Gasteiger partial charge in [0.1, 0.15) is 5.00 Å². The second-order valence-corrected chi connectivity index (χ2v) is 10.4. The summed E-state index contributed by atoms with van der Waals surface area (Å²) in [6.07, 6.45) is 7.41. The third-order valence-corrected chi connectivity index (χ3v) is 7.58. The lowest BCUT2D eigenvalue weighted by atomic mass is 9.86. The Bertz CT molecular complexity index is 1250. The van der Waals surface area contributed by atoms with Crippen LogP contribution >= 0.6 is 11.3 Å². The van der Waals surface area contributed by atoms with Gasteiger partial charge in [0.15, 0.2) is 5.69 Å². The second kappa shape index (κ2) is 11.2. The van der Waals surface area contributed by atoms with Gasteiger partial charge in [0.25, 0.3) is 5.56 Å². The van der Waals surface area contributed by atoms with Gasteiger partial charge in [0.05, 0.1) is 17.7 Å². The number of rotatable bonds is 8. The number of anilines is 1. The molecule has 3 aromatic rings. The SMILES string of the molecule is CCOC(=O)c1nn(-c2ccc(C(C)C)cc2)c(=O)c2c(NC(=O)CCC3CCCCC3)scc12. The van der Waals surface area contributed by atoms with Crippen molar-refractivity contribution in [3.05, 3.63) is 51.3 Å². The molecule has 1 N–H and O–H groups in total. The van der Waals surface area contributed by atoms with Crippen LogP contribution in [0.5, 0.6) is 0 Å². The molecule has 1 aromatic carbocycles. The van der Waals surface area contributed by atoms with Gasteiger partial charge in [-0.1, -0.05) is 58.1 Å². The average Bonchev–Trinajstić information content (AvgIpc) is 3.28. The number of nitrogens with one attached hydrogen (secondary N) is 1. The minimum atomic E-state index is -0.599. The molecule has 1 fully saturated rings. The van der Waals surface area contributed by atoms with Gasteiger partial charge in [-0.05, 0) is 42.9 Å². The zero-order chi connectivity index (χ0) is 24.9. The molecule has 1 saturated carbocycles. The largest absolute Gasteiger partial charge is 0.461 e. The molecule has 0 bridgehead atoms. The molecule has 4 rings (SSSR count). The van der Waals surface area contributed by atoms with E-state index in [4.69, 9.17) is 4.74 Å². The van der Waals surface area contributed by atoms with Crippen molar-refractivity contribution in [1.82, 2.24) is 9.78 Å². The summed E-state index contributed by atoms with van der Waals surface area (Å²) >= 11 is 1.23. The van der Waals surface area contributed by atoms with E-state index in [1.54, 1.807) is 12.3 Å². The Morgan fingerprint density at radius 2 is 1.89 bits per heavy atom. The molecular weight excluding hydrogens is 462 g/mol. The quantitative estimate of drug-likeness (QED) is 0.384. The Labute approximate surface area is 209 Å². The standard InChI is InChI=1S/C27H33N3O4S/c1-4-34-27(33)24-21-16-35-25(28-22(31)15-10-18-8-6-5-7-9-18)23(21)26(32)30(29-24)20-13-11-19(12-14-20)17(2)3/h11-14,16-18H,4-10,15H2,1-3H3,(H,28,31). The number of hydrogen-bond donors (Lipinski definition) is 1. The highest BCUT2D eigenvalue weighted by Crippen LogP contribution is 2.32. The van der Waals surface area contributed by atoms with E-state index in [-0.39, 0.29) is 29.2 Å². The van der Waals surface area contributed by atoms with Gasteiger partial charge < -0.3 is 10.1 Å². The zero-order valence-electron chi connectivity index (χ0n) is 20.6. The molecule has 0 aliphatic heterocycles. The number of thiophene rings is 1. The maximum Gasteiger partial charge on any atom is 0.359 e. The van der Waals surface area contributed by atoms with Crippen LogP contribution in [-0.2, 0) is 9.53 Å². The minimum Gasteiger partial charge on any atom is -0.461 e. The summed E-state index contributed by atoms with van der Waals surface area (Å²) in [5, 5.41) is 10.1. The van der Waals surface area contributed by atoms with Crippen molar-refractivity contribution < 1.29 is 14.3 Å². The molecule has 0 unspecified atom stereocenters. The first kappa shape index (κ1) is 25.1. The molecule has 7 nitrogen and oxygen atoms in total. The summed E-state index contributed by atoms with van der Waals surface area (Å²) < 4.78 is 6.44. The van der Waals surface area contributed by atoms with E-state index in [0.29, 0.717) is 34.3 Å². The lowest BCUT2D eigenvalue weighted by Gasteiger charge is -2.20. The Hall–Kier alpha value is -3.00. The number of carbonyl (C=O) groups is 2. The van der Waals surface area contributed by atoms with Gasteiger partial charge in [-0.15, -0.1) is 11.3 Å². The Balaban J connectivity index is 1.69. The molecule has 0 spiro atoms. The van der Waals surface area contributed by atoms with Crippen molar-refractivity contribution in [3.8, 4) is 5.69 Å². The molecule has 1 aliphatic carbocycles. The molecule has 186 valence electrons. The van der Waals surface area contributed by atoms with Gasteiger partial charge in [-0.2, -0.15) is 9.78 Å². The van der Waals surface area contributed by atoms with Crippen LogP contribution in [0.15, 0.2) is 34.4 Å². The summed E-state index contributed by atoms with van der Waals surface area (Å²) in [5.41, 5.74) is 1.37. The topological polar surface area (TPSA) is 90.3 Å². The van der Waals surface area contributed by atoms with E-state index in [1.165, 1.54) is 48.1 Å². The van der Waals surface area contributed by atoms with Gasteiger partial charge >= 0.3 is 5.97 Å². The lowest BCUT2D eigenvalue weighted by molar-refractivity contribution is -0.116. The summed E-state index contributed by atoms with van der Waals surface area (Å²) in [5.74, 6) is 0.234. The number of amides is 1. The second-order valence-electron chi connectivity index (χ2n) is 9.48. The maximum absolute atomic E-state index is 13.6. The molecule has 1 aliphatic rings. The number of carbonyl (C=O) groups excluding carboxylic acids is 2. The first-order valence-electron chi connectivity index (χ1n) is 12.5. The third-order valence-electron chi connectivity index (χ3n) is 6.68. The van der Waals surface area contributed by atoms with Crippen LogP contribution in [-0.4, -0.2) is 28.3 Å². The molecular formula is C27H33N3O4S. The number of fused-ring (bicyclic) bond motifs is 1. The number of benzene rings is 1. The van der Waals surface area contributed by atoms with Gasteiger partial charge in [-0.3, -0.25) is 9.59 Å². The number of hydrogen-bond acceptors (Lipinski definition) is 6. The molecule has 35 heavy (non-hydrogen) atoms. The van der Waals surface area contributed by atoms with Crippen molar-refractivity contribution in [2.75, 3.05) is 11.9 Å². The normalized spacial score (nSPS) is 14.4. The molecule has 0 saturated heterocycles. The van der Waals surface area contributed by atoms with Crippen molar-refractivity contribution in [3.63, 3.8) is 0 Å². The van der Waals surface area contributed by atoms with Crippen LogP contribution in [0.1, 0.15) is 87.7 Å². The van der Waals surface area contributed by atoms with Gasteiger partial charge in [-0.25, -0.2) is 4.79 Å². The monoisotopic (exact) mass is 495 g/mol. The number of nitrogens with zero attached hydrogens (tertiary/aromatic N) is 2. The van der Waals surface area contributed by atoms with E-state index in [0.717, 1.165) is 12.0 Å². The highest BCUT2D eigenvalue weighted by molar-refractivity contribution is 7.16. The van der Waals surface area contributed by atoms with Crippen molar-refractivity contribution in [2.24, 2.45) is 5.92 Å². The zero-order valence-corrected chi connectivity index (χ0v) is 21.5. The van der Waals surface area contributed by atoms with Crippen molar-refractivity contribution >= 4 is 39.0 Å². The predicted molar refractivity (Wildman–Crippen MR) is 140 cm³/mol.